The molecule has 2 aromatic rings. The van der Waals surface area contributed by atoms with E-state index in [0.717, 1.165) is 10.7 Å². The van der Waals surface area contributed by atoms with E-state index in [1.807, 2.05) is 12.3 Å². The van der Waals surface area contributed by atoms with Crippen molar-refractivity contribution in [1.82, 2.24) is 9.88 Å². The van der Waals surface area contributed by atoms with Gasteiger partial charge < -0.3 is 14.7 Å². The van der Waals surface area contributed by atoms with Crippen molar-refractivity contribution in [3.63, 3.8) is 0 Å². The van der Waals surface area contributed by atoms with Gasteiger partial charge in [0.15, 0.2) is 0 Å². The molecule has 0 unspecified atom stereocenters. The lowest BCUT2D eigenvalue weighted by atomic mass is 9.90. The number of likely N-dealkylation sites (tertiary alicyclic amines) is 1. The third-order valence-electron chi connectivity index (χ3n) is 4.41. The molecule has 6 nitrogen and oxygen atoms in total. The second-order valence-corrected chi connectivity index (χ2v) is 7.58. The number of ether oxygens (including phenoxy) is 1. The molecule has 132 valence electrons. The van der Waals surface area contributed by atoms with Crippen LogP contribution in [0.25, 0.3) is 0 Å². The molecule has 7 heteroatoms. The summed E-state index contributed by atoms with van der Waals surface area (Å²) in [5, 5.41) is 12.2. The summed E-state index contributed by atoms with van der Waals surface area (Å²) in [6, 6.07) is 6.97. The fraction of sp³-hybridized carbons (Fsp3) is 0.389. The molecule has 1 aliphatic rings. The Morgan fingerprint density at radius 2 is 2.24 bits per heavy atom. The Bertz CT molecular complexity index is 804. The molecule has 1 N–H and O–H groups in total. The summed E-state index contributed by atoms with van der Waals surface area (Å²) >= 11 is 1.57. The number of aromatic nitrogens is 1. The molecule has 0 bridgehead atoms. The highest BCUT2D eigenvalue weighted by Gasteiger charge is 2.42. The van der Waals surface area contributed by atoms with Gasteiger partial charge in [-0.3, -0.25) is 9.59 Å². The number of hydrogen-bond acceptors (Lipinski definition) is 5. The maximum atomic E-state index is 12.7. The Morgan fingerprint density at radius 3 is 2.88 bits per heavy atom. The highest BCUT2D eigenvalue weighted by Crippen LogP contribution is 2.31. The van der Waals surface area contributed by atoms with E-state index >= 15 is 0 Å². The van der Waals surface area contributed by atoms with Crippen LogP contribution in [0.3, 0.4) is 0 Å². The van der Waals surface area contributed by atoms with Crippen molar-refractivity contribution in [3.8, 4) is 5.75 Å². The van der Waals surface area contributed by atoms with Gasteiger partial charge in [0.25, 0.3) is 5.91 Å². The number of carbonyl (C=O) groups excluding carboxylic acids is 1. The van der Waals surface area contributed by atoms with Gasteiger partial charge in [-0.1, -0.05) is 6.07 Å². The number of amides is 1. The summed E-state index contributed by atoms with van der Waals surface area (Å²) in [6.07, 6.45) is 0.466. The van der Waals surface area contributed by atoms with Crippen LogP contribution < -0.4 is 4.74 Å². The zero-order chi connectivity index (χ0) is 18.0. The molecule has 1 amide bonds. The Labute approximate surface area is 150 Å². The predicted molar refractivity (Wildman–Crippen MR) is 93.9 cm³/mol. The van der Waals surface area contributed by atoms with E-state index in [2.05, 4.69) is 4.98 Å². The van der Waals surface area contributed by atoms with Gasteiger partial charge in [-0.2, -0.15) is 0 Å². The lowest BCUT2D eigenvalue weighted by Gasteiger charge is -2.20. The summed E-state index contributed by atoms with van der Waals surface area (Å²) in [4.78, 5) is 29.9. The van der Waals surface area contributed by atoms with Crippen molar-refractivity contribution in [1.29, 1.82) is 0 Å². The van der Waals surface area contributed by atoms with E-state index in [0.29, 0.717) is 30.9 Å². The maximum absolute atomic E-state index is 12.7. The van der Waals surface area contributed by atoms with Crippen LogP contribution in [0, 0.1) is 12.3 Å². The quantitative estimate of drug-likeness (QED) is 0.887. The summed E-state index contributed by atoms with van der Waals surface area (Å²) in [5.74, 6) is -0.435. The molecule has 25 heavy (non-hydrogen) atoms. The lowest BCUT2D eigenvalue weighted by molar-refractivity contribution is -0.147. The first-order valence-electron chi connectivity index (χ1n) is 8.04. The van der Waals surface area contributed by atoms with E-state index in [1.54, 1.807) is 47.4 Å². The maximum Gasteiger partial charge on any atom is 0.311 e. The van der Waals surface area contributed by atoms with Gasteiger partial charge in [0.1, 0.15) is 12.4 Å². The Hall–Kier alpha value is -2.41. The molecule has 0 spiro atoms. The molecule has 0 aliphatic carbocycles. The van der Waals surface area contributed by atoms with Crippen LogP contribution in [0.15, 0.2) is 29.6 Å². The first kappa shape index (κ1) is 17.4. The second kappa shape index (κ2) is 6.84. The third-order valence-corrected chi connectivity index (χ3v) is 5.23. The zero-order valence-electron chi connectivity index (χ0n) is 14.2. The number of carboxylic acid groups (broad SMARTS) is 1. The third kappa shape index (κ3) is 3.82. The second-order valence-electron chi connectivity index (χ2n) is 6.52. The van der Waals surface area contributed by atoms with Gasteiger partial charge in [0.2, 0.25) is 0 Å². The van der Waals surface area contributed by atoms with Crippen molar-refractivity contribution >= 4 is 23.2 Å². The first-order valence-corrected chi connectivity index (χ1v) is 8.92. The van der Waals surface area contributed by atoms with E-state index in [4.69, 9.17) is 4.74 Å². The lowest BCUT2D eigenvalue weighted by Crippen LogP contribution is -2.34. The molecular weight excluding hydrogens is 340 g/mol. The van der Waals surface area contributed by atoms with Gasteiger partial charge in [0, 0.05) is 24.0 Å². The van der Waals surface area contributed by atoms with Gasteiger partial charge in [-0.05, 0) is 38.5 Å². The van der Waals surface area contributed by atoms with Crippen LogP contribution >= 0.6 is 11.3 Å². The number of hydrogen-bond donors (Lipinski definition) is 1. The van der Waals surface area contributed by atoms with Crippen LogP contribution in [0.5, 0.6) is 5.75 Å². The van der Waals surface area contributed by atoms with Crippen LogP contribution in [-0.2, 0) is 11.4 Å². The predicted octanol–water partition coefficient (Wildman–Crippen LogP) is 2.97. The van der Waals surface area contributed by atoms with Crippen LogP contribution in [0.2, 0.25) is 0 Å². The summed E-state index contributed by atoms with van der Waals surface area (Å²) in [5.41, 5.74) is 0.490. The highest BCUT2D eigenvalue weighted by atomic mass is 32.1. The highest BCUT2D eigenvalue weighted by molar-refractivity contribution is 7.09. The number of aliphatic carboxylic acids is 1. The van der Waals surface area contributed by atoms with Crippen molar-refractivity contribution in [2.24, 2.45) is 5.41 Å². The van der Waals surface area contributed by atoms with Crippen LogP contribution in [-0.4, -0.2) is 40.0 Å². The molecule has 1 aliphatic heterocycles. The minimum atomic E-state index is -0.869. The fourth-order valence-electron chi connectivity index (χ4n) is 2.84. The van der Waals surface area contributed by atoms with E-state index in [-0.39, 0.29) is 12.5 Å². The Kier molecular flexibility index (Phi) is 4.76. The van der Waals surface area contributed by atoms with E-state index < -0.39 is 11.4 Å². The van der Waals surface area contributed by atoms with Gasteiger partial charge in [0.05, 0.1) is 16.1 Å². The number of nitrogens with zero attached hydrogens (tertiary/aromatic N) is 2. The minimum absolute atomic E-state index is 0.167. The van der Waals surface area contributed by atoms with Gasteiger partial charge >= 0.3 is 5.97 Å². The molecule has 1 aromatic carbocycles. The SMILES string of the molecule is Cc1nc(COc2cccc(C(=O)N3CC[C@@](C)(C(=O)O)C3)c2)cs1. The molecule has 1 atom stereocenters. The zero-order valence-corrected chi connectivity index (χ0v) is 15.0. The average molecular weight is 360 g/mol. The van der Waals surface area contributed by atoms with Crippen molar-refractivity contribution in [2.75, 3.05) is 13.1 Å². The molecule has 2 heterocycles. The minimum Gasteiger partial charge on any atom is -0.487 e. The Balaban J connectivity index is 1.67. The Morgan fingerprint density at radius 1 is 1.44 bits per heavy atom. The summed E-state index contributed by atoms with van der Waals surface area (Å²) < 4.78 is 5.72. The van der Waals surface area contributed by atoms with Gasteiger partial charge in [-0.25, -0.2) is 4.98 Å². The molecule has 1 saturated heterocycles. The van der Waals surface area contributed by atoms with Crippen LogP contribution in [0.1, 0.15) is 34.4 Å². The molecule has 0 radical (unpaired) electrons. The standard InChI is InChI=1S/C18H20N2O4S/c1-12-19-14(10-25-12)9-24-15-5-3-4-13(8-15)16(21)20-7-6-18(2,11-20)17(22)23/h3-5,8,10H,6-7,9,11H2,1-2H3,(H,22,23)/t18-/m1/s1. The van der Waals surface area contributed by atoms with E-state index in [1.165, 1.54) is 0 Å². The normalized spacial score (nSPS) is 19.8. The van der Waals surface area contributed by atoms with Gasteiger partial charge in [-0.15, -0.1) is 11.3 Å². The van der Waals surface area contributed by atoms with E-state index in [9.17, 15) is 14.7 Å². The summed E-state index contributed by atoms with van der Waals surface area (Å²) in [7, 11) is 0. The first-order chi connectivity index (χ1) is 11.9. The number of aryl methyl sites for hydroxylation is 1. The topological polar surface area (TPSA) is 79.7 Å². The number of carboxylic acids is 1. The average Bonchev–Trinajstić information content (AvgIpc) is 3.19. The number of thiazole rings is 1. The fourth-order valence-corrected chi connectivity index (χ4v) is 3.44. The number of benzene rings is 1. The smallest absolute Gasteiger partial charge is 0.311 e. The number of carbonyl (C=O) groups is 2. The largest absolute Gasteiger partial charge is 0.487 e. The molecule has 1 aromatic heterocycles. The molecule has 1 fully saturated rings. The van der Waals surface area contributed by atoms with Crippen LogP contribution in [0.4, 0.5) is 0 Å². The van der Waals surface area contributed by atoms with Crippen molar-refractivity contribution in [3.05, 3.63) is 45.9 Å². The van der Waals surface area contributed by atoms with Crippen molar-refractivity contribution < 1.29 is 19.4 Å². The molecule has 0 saturated carbocycles. The monoisotopic (exact) mass is 360 g/mol. The molecular formula is C18H20N2O4S. The summed E-state index contributed by atoms with van der Waals surface area (Å²) in [6.45, 7) is 4.64. The van der Waals surface area contributed by atoms with Crippen molar-refractivity contribution in [2.45, 2.75) is 26.9 Å². The molecule has 3 rings (SSSR count). The number of rotatable bonds is 5.